The number of fused-ring (bicyclic) bond motifs is 1. The third-order valence-corrected chi connectivity index (χ3v) is 5.65. The van der Waals surface area contributed by atoms with Crippen LogP contribution in [0, 0.1) is 0 Å². The molecule has 35 heavy (non-hydrogen) atoms. The van der Waals surface area contributed by atoms with E-state index in [1.54, 1.807) is 38.6 Å². The SMILES string of the molecule is COc1ccc(CCNC(=O)Cn2c(=O)c(=O)n(Cc3ccccc3)c3ncccc32)cc1OC. The average Bonchev–Trinajstić information content (AvgIpc) is 2.89. The molecule has 0 aliphatic rings. The molecule has 0 bridgehead atoms. The lowest BCUT2D eigenvalue weighted by Gasteiger charge is -2.14. The van der Waals surface area contributed by atoms with Crippen molar-refractivity contribution in [1.29, 1.82) is 0 Å². The topological polar surface area (TPSA) is 104 Å². The van der Waals surface area contributed by atoms with Crippen LogP contribution in [0.25, 0.3) is 11.2 Å². The van der Waals surface area contributed by atoms with Gasteiger partial charge in [-0.2, -0.15) is 0 Å². The lowest BCUT2D eigenvalue weighted by Crippen LogP contribution is -2.44. The summed E-state index contributed by atoms with van der Waals surface area (Å²) >= 11 is 0. The van der Waals surface area contributed by atoms with Crippen LogP contribution in [0.2, 0.25) is 0 Å². The molecule has 0 atom stereocenters. The first-order valence-electron chi connectivity index (χ1n) is 11.1. The van der Waals surface area contributed by atoms with Gasteiger partial charge in [0.05, 0.1) is 26.3 Å². The fourth-order valence-corrected chi connectivity index (χ4v) is 3.90. The van der Waals surface area contributed by atoms with Crippen molar-refractivity contribution in [1.82, 2.24) is 19.4 Å². The van der Waals surface area contributed by atoms with Crippen LogP contribution in [0.15, 0.2) is 76.4 Å². The van der Waals surface area contributed by atoms with Gasteiger partial charge < -0.3 is 14.8 Å². The van der Waals surface area contributed by atoms with E-state index >= 15 is 0 Å². The molecule has 2 aromatic heterocycles. The second-order valence-electron chi connectivity index (χ2n) is 7.90. The van der Waals surface area contributed by atoms with E-state index in [2.05, 4.69) is 10.3 Å². The first-order chi connectivity index (χ1) is 17.0. The molecular weight excluding hydrogens is 448 g/mol. The van der Waals surface area contributed by atoms with Crippen molar-refractivity contribution in [3.8, 4) is 11.5 Å². The average molecular weight is 475 g/mol. The Morgan fingerprint density at radius 2 is 1.63 bits per heavy atom. The van der Waals surface area contributed by atoms with Crippen LogP contribution in [0.5, 0.6) is 11.5 Å². The number of rotatable bonds is 9. The Bertz CT molecular complexity index is 1460. The largest absolute Gasteiger partial charge is 0.493 e. The molecule has 0 spiro atoms. The molecule has 0 aliphatic heterocycles. The van der Waals surface area contributed by atoms with Gasteiger partial charge in [0.2, 0.25) is 5.91 Å². The Kier molecular flexibility index (Phi) is 7.25. The molecule has 0 aliphatic carbocycles. The maximum absolute atomic E-state index is 13.0. The van der Waals surface area contributed by atoms with E-state index < -0.39 is 11.1 Å². The van der Waals surface area contributed by atoms with E-state index in [1.165, 1.54) is 9.13 Å². The Balaban J connectivity index is 1.52. The number of aromatic nitrogens is 3. The third kappa shape index (κ3) is 5.24. The summed E-state index contributed by atoms with van der Waals surface area (Å²) < 4.78 is 13.1. The van der Waals surface area contributed by atoms with Crippen LogP contribution < -0.4 is 25.9 Å². The Labute approximate surface area is 201 Å². The highest BCUT2D eigenvalue weighted by Crippen LogP contribution is 2.27. The fraction of sp³-hybridized carbons (Fsp3) is 0.231. The van der Waals surface area contributed by atoms with Gasteiger partial charge in [0.1, 0.15) is 6.54 Å². The molecule has 0 saturated carbocycles. The highest BCUT2D eigenvalue weighted by molar-refractivity contribution is 5.78. The number of pyridine rings is 1. The summed E-state index contributed by atoms with van der Waals surface area (Å²) in [5.41, 5.74) is 1.10. The lowest BCUT2D eigenvalue weighted by molar-refractivity contribution is -0.121. The van der Waals surface area contributed by atoms with Crippen LogP contribution in [0.3, 0.4) is 0 Å². The van der Waals surface area contributed by atoms with Crippen molar-refractivity contribution >= 4 is 17.1 Å². The van der Waals surface area contributed by atoms with Crippen molar-refractivity contribution < 1.29 is 14.3 Å². The summed E-state index contributed by atoms with van der Waals surface area (Å²) in [6.07, 6.45) is 2.11. The van der Waals surface area contributed by atoms with Crippen molar-refractivity contribution in [3.63, 3.8) is 0 Å². The van der Waals surface area contributed by atoms with Gasteiger partial charge in [-0.3, -0.25) is 23.5 Å². The number of benzene rings is 2. The Morgan fingerprint density at radius 1 is 0.886 bits per heavy atom. The molecule has 0 unspecified atom stereocenters. The lowest BCUT2D eigenvalue weighted by atomic mass is 10.1. The molecule has 1 N–H and O–H groups in total. The predicted octanol–water partition coefficient (Wildman–Crippen LogP) is 1.98. The maximum atomic E-state index is 13.0. The first-order valence-corrected chi connectivity index (χ1v) is 11.1. The van der Waals surface area contributed by atoms with Crippen LogP contribution in [-0.4, -0.2) is 40.8 Å². The predicted molar refractivity (Wildman–Crippen MR) is 132 cm³/mol. The summed E-state index contributed by atoms with van der Waals surface area (Å²) in [7, 11) is 3.13. The van der Waals surface area contributed by atoms with E-state index in [9.17, 15) is 14.4 Å². The minimum Gasteiger partial charge on any atom is -0.493 e. The molecule has 0 radical (unpaired) electrons. The maximum Gasteiger partial charge on any atom is 0.318 e. The van der Waals surface area contributed by atoms with Gasteiger partial charge in [-0.25, -0.2) is 4.98 Å². The smallest absolute Gasteiger partial charge is 0.318 e. The number of nitrogens with one attached hydrogen (secondary N) is 1. The Hall–Kier alpha value is -4.40. The number of ether oxygens (including phenoxy) is 2. The molecule has 4 aromatic rings. The van der Waals surface area contributed by atoms with Gasteiger partial charge in [-0.05, 0) is 41.8 Å². The number of hydrogen-bond donors (Lipinski definition) is 1. The minimum absolute atomic E-state index is 0.209. The molecule has 9 heteroatoms. The first kappa shape index (κ1) is 23.7. The Morgan fingerprint density at radius 3 is 2.37 bits per heavy atom. The monoisotopic (exact) mass is 474 g/mol. The van der Waals surface area contributed by atoms with Gasteiger partial charge in [-0.1, -0.05) is 36.4 Å². The van der Waals surface area contributed by atoms with E-state index in [0.717, 1.165) is 11.1 Å². The number of nitrogens with zero attached hydrogens (tertiary/aromatic N) is 3. The van der Waals surface area contributed by atoms with Crippen LogP contribution in [0.4, 0.5) is 0 Å². The van der Waals surface area contributed by atoms with Crippen LogP contribution in [-0.2, 0) is 24.3 Å². The second-order valence-corrected chi connectivity index (χ2v) is 7.90. The standard InChI is InChI=1S/C26H26N4O5/c1-34-21-11-10-18(15-22(21)35-2)12-14-27-23(31)17-29-20-9-6-13-28-24(20)30(26(33)25(29)32)16-19-7-4-3-5-8-19/h3-11,13,15H,12,14,16-17H2,1-2H3,(H,27,31). The second kappa shape index (κ2) is 10.7. The van der Waals surface area contributed by atoms with Gasteiger partial charge in [0.15, 0.2) is 17.1 Å². The zero-order chi connectivity index (χ0) is 24.8. The summed E-state index contributed by atoms with van der Waals surface area (Å²) in [5, 5.41) is 2.81. The van der Waals surface area contributed by atoms with Gasteiger partial charge >= 0.3 is 11.1 Å². The normalized spacial score (nSPS) is 10.8. The van der Waals surface area contributed by atoms with Crippen LogP contribution >= 0.6 is 0 Å². The van der Waals surface area contributed by atoms with E-state index in [0.29, 0.717) is 35.6 Å². The molecule has 0 saturated heterocycles. The van der Waals surface area contributed by atoms with Crippen molar-refractivity contribution in [2.75, 3.05) is 20.8 Å². The van der Waals surface area contributed by atoms with Crippen molar-refractivity contribution in [3.05, 3.63) is 98.7 Å². The van der Waals surface area contributed by atoms with E-state index in [-0.39, 0.29) is 19.0 Å². The summed E-state index contributed by atoms with van der Waals surface area (Å²) in [6, 6.07) is 18.3. The van der Waals surface area contributed by atoms with E-state index in [4.69, 9.17) is 9.47 Å². The number of carbonyl (C=O) groups excluding carboxylic acids is 1. The van der Waals surface area contributed by atoms with Crippen molar-refractivity contribution in [2.45, 2.75) is 19.5 Å². The highest BCUT2D eigenvalue weighted by atomic mass is 16.5. The van der Waals surface area contributed by atoms with Gasteiger partial charge in [-0.15, -0.1) is 0 Å². The number of hydrogen-bond acceptors (Lipinski definition) is 6. The van der Waals surface area contributed by atoms with E-state index in [1.807, 2.05) is 42.5 Å². The van der Waals surface area contributed by atoms with Gasteiger partial charge in [0.25, 0.3) is 0 Å². The number of carbonyl (C=O) groups is 1. The quantitative estimate of drug-likeness (QED) is 0.372. The number of methoxy groups -OCH3 is 2. The van der Waals surface area contributed by atoms with Crippen molar-refractivity contribution in [2.24, 2.45) is 0 Å². The number of amides is 1. The zero-order valence-electron chi connectivity index (χ0n) is 19.6. The molecule has 1 amide bonds. The van der Waals surface area contributed by atoms with Gasteiger partial charge in [0, 0.05) is 12.7 Å². The molecule has 4 rings (SSSR count). The summed E-state index contributed by atoms with van der Waals surface area (Å²) in [4.78, 5) is 42.9. The minimum atomic E-state index is -0.767. The van der Waals surface area contributed by atoms with Crippen LogP contribution in [0.1, 0.15) is 11.1 Å². The molecule has 9 nitrogen and oxygen atoms in total. The fourth-order valence-electron chi connectivity index (χ4n) is 3.90. The molecule has 2 heterocycles. The molecule has 180 valence electrons. The molecule has 0 fully saturated rings. The third-order valence-electron chi connectivity index (χ3n) is 5.65. The highest BCUT2D eigenvalue weighted by Gasteiger charge is 2.16. The molecular formula is C26H26N4O5. The molecule has 2 aromatic carbocycles. The zero-order valence-corrected chi connectivity index (χ0v) is 19.6. The summed E-state index contributed by atoms with van der Waals surface area (Å²) in [6.45, 7) is 0.277. The summed E-state index contributed by atoms with van der Waals surface area (Å²) in [5.74, 6) is 0.859.